The second-order valence-corrected chi connectivity index (χ2v) is 5.22. The van der Waals surface area contributed by atoms with Gasteiger partial charge in [-0.15, -0.1) is 6.58 Å². The van der Waals surface area contributed by atoms with Crippen LogP contribution in [0.4, 0.5) is 5.69 Å². The van der Waals surface area contributed by atoms with Crippen molar-refractivity contribution in [1.82, 2.24) is 15.3 Å². The third kappa shape index (κ3) is 5.44. The number of aromatic nitrogens is 2. The van der Waals surface area contributed by atoms with E-state index in [1.54, 1.807) is 7.11 Å². The highest BCUT2D eigenvalue weighted by atomic mass is 16.5. The molecule has 0 saturated heterocycles. The van der Waals surface area contributed by atoms with Gasteiger partial charge < -0.3 is 15.0 Å². The number of ether oxygens (including phenoxy) is 1. The molecule has 0 aliphatic heterocycles. The van der Waals surface area contributed by atoms with E-state index >= 15 is 0 Å². The number of rotatable bonds is 10. The van der Waals surface area contributed by atoms with Gasteiger partial charge in [-0.3, -0.25) is 0 Å². The molecule has 0 amide bonds. The molecule has 0 aliphatic rings. The zero-order chi connectivity index (χ0) is 15.7. The van der Waals surface area contributed by atoms with Crippen molar-refractivity contribution in [2.45, 2.75) is 33.2 Å². The fourth-order valence-electron chi connectivity index (χ4n) is 2.01. The number of nitrogens with zero attached hydrogens (tertiary/aromatic N) is 3. The van der Waals surface area contributed by atoms with Gasteiger partial charge in [0.05, 0.1) is 24.2 Å². The van der Waals surface area contributed by atoms with Crippen molar-refractivity contribution in [3.8, 4) is 0 Å². The topological polar surface area (TPSA) is 50.3 Å². The molecule has 0 bridgehead atoms. The van der Waals surface area contributed by atoms with Crippen molar-refractivity contribution in [1.29, 1.82) is 0 Å². The van der Waals surface area contributed by atoms with E-state index in [0.29, 0.717) is 12.5 Å². The Labute approximate surface area is 128 Å². The Morgan fingerprint density at radius 1 is 1.48 bits per heavy atom. The minimum absolute atomic E-state index is 0.325. The monoisotopic (exact) mass is 292 g/mol. The lowest BCUT2D eigenvalue weighted by atomic mass is 10.2. The van der Waals surface area contributed by atoms with Crippen molar-refractivity contribution in [3.05, 3.63) is 30.4 Å². The number of hydrogen-bond donors (Lipinski definition) is 1. The molecule has 1 aromatic rings. The third-order valence-electron chi connectivity index (χ3n) is 3.18. The van der Waals surface area contributed by atoms with E-state index in [1.807, 2.05) is 12.3 Å². The second kappa shape index (κ2) is 9.47. The Hall–Kier alpha value is -1.46. The first kappa shape index (κ1) is 17.6. The molecule has 0 unspecified atom stereocenters. The van der Waals surface area contributed by atoms with Crippen LogP contribution in [0.2, 0.25) is 0 Å². The van der Waals surface area contributed by atoms with E-state index in [-0.39, 0.29) is 0 Å². The van der Waals surface area contributed by atoms with Crippen molar-refractivity contribution in [2.75, 3.05) is 38.3 Å². The van der Waals surface area contributed by atoms with Crippen molar-refractivity contribution in [2.24, 2.45) is 0 Å². The van der Waals surface area contributed by atoms with E-state index in [1.165, 1.54) is 0 Å². The molecule has 0 aliphatic carbocycles. The zero-order valence-corrected chi connectivity index (χ0v) is 13.7. The number of hydrogen-bond acceptors (Lipinski definition) is 5. The Balaban J connectivity index is 3.07. The van der Waals surface area contributed by atoms with Gasteiger partial charge in [-0.05, 0) is 6.54 Å². The summed E-state index contributed by atoms with van der Waals surface area (Å²) in [6, 6.07) is 0. The van der Waals surface area contributed by atoms with Crippen LogP contribution in [0.1, 0.15) is 38.2 Å². The molecule has 0 radical (unpaired) electrons. The van der Waals surface area contributed by atoms with Gasteiger partial charge in [0.2, 0.25) is 0 Å². The largest absolute Gasteiger partial charge is 0.383 e. The Kier molecular flexibility index (Phi) is 7.93. The summed E-state index contributed by atoms with van der Waals surface area (Å²) in [4.78, 5) is 11.4. The molecule has 0 fully saturated rings. The van der Waals surface area contributed by atoms with Crippen LogP contribution < -0.4 is 10.2 Å². The molecule has 0 saturated carbocycles. The summed E-state index contributed by atoms with van der Waals surface area (Å²) in [6.07, 6.45) is 3.82. The average molecular weight is 292 g/mol. The van der Waals surface area contributed by atoms with E-state index in [2.05, 4.69) is 42.6 Å². The van der Waals surface area contributed by atoms with E-state index in [0.717, 1.165) is 43.4 Å². The summed E-state index contributed by atoms with van der Waals surface area (Å²) in [6.45, 7) is 14.0. The third-order valence-corrected chi connectivity index (χ3v) is 3.18. The standard InChI is InChI=1S/C16H28N4O/c1-6-8-20(9-10-21-5)15-12-18-16(13(3)4)19-14(15)11-17-7-2/h6,12-13,17H,1,7-11H2,2-5H3. The van der Waals surface area contributed by atoms with Crippen LogP contribution >= 0.6 is 0 Å². The van der Waals surface area contributed by atoms with Crippen LogP contribution in [0, 0.1) is 0 Å². The average Bonchev–Trinajstić information content (AvgIpc) is 2.49. The van der Waals surface area contributed by atoms with Gasteiger partial charge in [-0.25, -0.2) is 9.97 Å². The summed E-state index contributed by atoms with van der Waals surface area (Å²) >= 11 is 0. The highest BCUT2D eigenvalue weighted by molar-refractivity contribution is 5.49. The SMILES string of the molecule is C=CCN(CCOC)c1cnc(C(C)C)nc1CNCC. The molecule has 0 atom stereocenters. The van der Waals surface area contributed by atoms with Crippen LogP contribution in [0.15, 0.2) is 18.9 Å². The minimum atomic E-state index is 0.325. The van der Waals surface area contributed by atoms with Gasteiger partial charge in [-0.1, -0.05) is 26.8 Å². The number of methoxy groups -OCH3 is 1. The van der Waals surface area contributed by atoms with Crippen LogP contribution in [0.5, 0.6) is 0 Å². The summed E-state index contributed by atoms with van der Waals surface area (Å²) in [5.41, 5.74) is 2.09. The van der Waals surface area contributed by atoms with E-state index < -0.39 is 0 Å². The normalized spacial score (nSPS) is 10.9. The number of anilines is 1. The van der Waals surface area contributed by atoms with Gasteiger partial charge in [-0.2, -0.15) is 0 Å². The first-order valence-corrected chi connectivity index (χ1v) is 7.55. The van der Waals surface area contributed by atoms with Crippen molar-refractivity contribution in [3.63, 3.8) is 0 Å². The summed E-state index contributed by atoms with van der Waals surface area (Å²) in [5, 5.41) is 3.35. The fraction of sp³-hybridized carbons (Fsp3) is 0.625. The predicted molar refractivity (Wildman–Crippen MR) is 87.8 cm³/mol. The molecule has 0 spiro atoms. The highest BCUT2D eigenvalue weighted by Gasteiger charge is 2.14. The molecular weight excluding hydrogens is 264 g/mol. The quantitative estimate of drug-likeness (QED) is 0.671. The van der Waals surface area contributed by atoms with Crippen LogP contribution in [-0.4, -0.2) is 43.3 Å². The zero-order valence-electron chi connectivity index (χ0n) is 13.7. The lowest BCUT2D eigenvalue weighted by molar-refractivity contribution is 0.205. The molecule has 118 valence electrons. The predicted octanol–water partition coefficient (Wildman–Crippen LogP) is 2.35. The Morgan fingerprint density at radius 2 is 2.24 bits per heavy atom. The smallest absolute Gasteiger partial charge is 0.131 e. The Bertz CT molecular complexity index is 434. The fourth-order valence-corrected chi connectivity index (χ4v) is 2.01. The molecule has 0 aromatic carbocycles. The maximum absolute atomic E-state index is 5.19. The van der Waals surface area contributed by atoms with E-state index in [4.69, 9.17) is 9.72 Å². The van der Waals surface area contributed by atoms with Crippen molar-refractivity contribution < 1.29 is 4.74 Å². The van der Waals surface area contributed by atoms with Gasteiger partial charge in [0, 0.05) is 32.7 Å². The van der Waals surface area contributed by atoms with Gasteiger partial charge in [0.15, 0.2) is 0 Å². The second-order valence-electron chi connectivity index (χ2n) is 5.22. The van der Waals surface area contributed by atoms with Crippen molar-refractivity contribution >= 4 is 5.69 Å². The highest BCUT2D eigenvalue weighted by Crippen LogP contribution is 2.20. The van der Waals surface area contributed by atoms with Crippen LogP contribution in [0.3, 0.4) is 0 Å². The van der Waals surface area contributed by atoms with Gasteiger partial charge in [0.1, 0.15) is 5.82 Å². The van der Waals surface area contributed by atoms with Crippen LogP contribution in [0.25, 0.3) is 0 Å². The molecule has 5 nitrogen and oxygen atoms in total. The van der Waals surface area contributed by atoms with Gasteiger partial charge in [0.25, 0.3) is 0 Å². The maximum atomic E-state index is 5.19. The lowest BCUT2D eigenvalue weighted by Gasteiger charge is -2.25. The summed E-state index contributed by atoms with van der Waals surface area (Å²) in [5.74, 6) is 1.21. The first-order chi connectivity index (χ1) is 10.1. The molecule has 1 heterocycles. The molecular formula is C16H28N4O. The van der Waals surface area contributed by atoms with E-state index in [9.17, 15) is 0 Å². The molecule has 21 heavy (non-hydrogen) atoms. The minimum Gasteiger partial charge on any atom is -0.383 e. The van der Waals surface area contributed by atoms with Gasteiger partial charge >= 0.3 is 0 Å². The molecule has 1 N–H and O–H groups in total. The molecule has 1 aromatic heterocycles. The molecule has 1 rings (SSSR count). The summed E-state index contributed by atoms with van der Waals surface area (Å²) in [7, 11) is 1.71. The molecule has 5 heteroatoms. The lowest BCUT2D eigenvalue weighted by Crippen LogP contribution is -2.30. The number of nitrogens with one attached hydrogen (secondary N) is 1. The van der Waals surface area contributed by atoms with Crippen LogP contribution in [-0.2, 0) is 11.3 Å². The Morgan fingerprint density at radius 3 is 2.81 bits per heavy atom. The first-order valence-electron chi connectivity index (χ1n) is 7.55. The maximum Gasteiger partial charge on any atom is 0.131 e. The summed E-state index contributed by atoms with van der Waals surface area (Å²) < 4.78 is 5.19.